The molecule has 9 heteroatoms. The second-order valence-corrected chi connectivity index (χ2v) is 9.62. The zero-order chi connectivity index (χ0) is 19.0. The normalized spacial score (nSPS) is 12.5. The fourth-order valence-corrected chi connectivity index (χ4v) is 8.02. The summed E-state index contributed by atoms with van der Waals surface area (Å²) >= 11 is 3.97. The van der Waals surface area contributed by atoms with E-state index in [2.05, 4.69) is 0 Å². The molecule has 5 aromatic heterocycles. The summed E-state index contributed by atoms with van der Waals surface area (Å²) in [4.78, 5) is 50.6. The molecule has 0 spiro atoms. The van der Waals surface area contributed by atoms with Crippen molar-refractivity contribution >= 4 is 73.0 Å². The molecule has 0 atom stereocenters. The molecule has 0 aliphatic heterocycles. The van der Waals surface area contributed by atoms with Crippen LogP contribution in [0.2, 0.25) is 0 Å². The highest BCUT2D eigenvalue weighted by molar-refractivity contribution is 7.43. The summed E-state index contributed by atoms with van der Waals surface area (Å²) in [5, 5.41) is 0.940. The second-order valence-electron chi connectivity index (χ2n) is 6.55. The van der Waals surface area contributed by atoms with Crippen molar-refractivity contribution in [2.45, 2.75) is 39.8 Å². The molecule has 27 heavy (non-hydrogen) atoms. The van der Waals surface area contributed by atoms with E-state index in [0.717, 1.165) is 18.8 Å². The highest BCUT2D eigenvalue weighted by Gasteiger charge is 2.26. The first-order valence-corrected chi connectivity index (χ1v) is 11.2. The van der Waals surface area contributed by atoms with Gasteiger partial charge in [-0.15, -0.1) is 34.0 Å². The van der Waals surface area contributed by atoms with Gasteiger partial charge < -0.3 is 0 Å². The lowest BCUT2D eigenvalue weighted by atomic mass is 10.3. The molecule has 0 fully saturated rings. The molecule has 0 aliphatic carbocycles. The van der Waals surface area contributed by atoms with Crippen molar-refractivity contribution in [1.82, 2.24) is 9.13 Å². The van der Waals surface area contributed by atoms with Gasteiger partial charge in [-0.25, -0.2) is 0 Å². The van der Waals surface area contributed by atoms with Gasteiger partial charge in [-0.3, -0.25) is 28.3 Å². The quantitative estimate of drug-likeness (QED) is 0.449. The molecule has 5 heterocycles. The number of rotatable bonds is 4. The van der Waals surface area contributed by atoms with Crippen molar-refractivity contribution in [1.29, 1.82) is 0 Å². The van der Waals surface area contributed by atoms with Crippen LogP contribution in [0.4, 0.5) is 0 Å². The zero-order valence-electron chi connectivity index (χ0n) is 14.6. The molecular formula is C18H14N2O4S3. The molecule has 5 rings (SSSR count). The molecule has 0 saturated carbocycles. The highest BCUT2D eigenvalue weighted by Crippen LogP contribution is 2.47. The van der Waals surface area contributed by atoms with E-state index < -0.39 is 0 Å². The van der Waals surface area contributed by atoms with Crippen LogP contribution in [-0.2, 0) is 13.1 Å². The predicted octanol–water partition coefficient (Wildman–Crippen LogP) is 3.22. The van der Waals surface area contributed by atoms with Gasteiger partial charge >= 0.3 is 0 Å². The maximum Gasteiger partial charge on any atom is 0.271 e. The summed E-state index contributed by atoms with van der Waals surface area (Å²) in [5.74, 6) is 0. The van der Waals surface area contributed by atoms with E-state index >= 15 is 0 Å². The Balaban J connectivity index is 1.93. The van der Waals surface area contributed by atoms with E-state index in [1.165, 1.54) is 43.1 Å². The molecular weight excluding hydrogens is 404 g/mol. The van der Waals surface area contributed by atoms with Crippen molar-refractivity contribution in [3.8, 4) is 0 Å². The third-order valence-electron chi connectivity index (χ3n) is 4.83. The van der Waals surface area contributed by atoms with Gasteiger partial charge in [0.1, 0.15) is 9.40 Å². The Kier molecular flexibility index (Phi) is 3.59. The Morgan fingerprint density at radius 2 is 0.926 bits per heavy atom. The molecule has 0 aromatic carbocycles. The van der Waals surface area contributed by atoms with Crippen molar-refractivity contribution in [3.63, 3.8) is 0 Å². The lowest BCUT2D eigenvalue weighted by Crippen LogP contribution is -2.25. The summed E-state index contributed by atoms with van der Waals surface area (Å²) in [5.41, 5.74) is -0.958. The van der Waals surface area contributed by atoms with Gasteiger partial charge in [0.05, 0.1) is 29.6 Å². The van der Waals surface area contributed by atoms with Crippen LogP contribution in [0.1, 0.15) is 26.7 Å². The number of hydrogen-bond donors (Lipinski definition) is 0. The molecule has 0 N–H and O–H groups in total. The van der Waals surface area contributed by atoms with Gasteiger partial charge in [-0.1, -0.05) is 13.8 Å². The first-order chi connectivity index (χ1) is 13.0. The molecule has 0 saturated heterocycles. The average Bonchev–Trinajstić information content (AvgIpc) is 3.36. The molecule has 6 nitrogen and oxygen atoms in total. The molecule has 0 bridgehead atoms. The SMILES string of the molecule is CCCn1c(=O)c2sc3c4sc5c(=O)n(CCC)c(=O)c5c4sc3c2c1=O. The van der Waals surface area contributed by atoms with Crippen LogP contribution in [-0.4, -0.2) is 9.13 Å². The zero-order valence-corrected chi connectivity index (χ0v) is 17.0. The fraction of sp³-hybridized carbons (Fsp3) is 0.333. The fourth-order valence-electron chi connectivity index (χ4n) is 3.67. The van der Waals surface area contributed by atoms with Crippen LogP contribution in [0.15, 0.2) is 19.2 Å². The Bertz CT molecular complexity index is 1460. The van der Waals surface area contributed by atoms with Gasteiger partial charge in [0.2, 0.25) is 0 Å². The molecule has 138 valence electrons. The number of thiophene rings is 3. The molecule has 0 unspecified atom stereocenters. The van der Waals surface area contributed by atoms with E-state index in [1.54, 1.807) is 0 Å². The summed E-state index contributed by atoms with van der Waals surface area (Å²) in [6.45, 7) is 4.68. The first-order valence-electron chi connectivity index (χ1n) is 8.73. The second kappa shape index (κ2) is 5.70. The minimum Gasteiger partial charge on any atom is -0.274 e. The van der Waals surface area contributed by atoms with Gasteiger partial charge in [0, 0.05) is 13.1 Å². The molecule has 5 aromatic rings. The number of fused-ring (bicyclic) bond motifs is 7. The van der Waals surface area contributed by atoms with E-state index in [-0.39, 0.29) is 22.2 Å². The third kappa shape index (κ3) is 1.99. The van der Waals surface area contributed by atoms with Gasteiger partial charge in [0.15, 0.2) is 0 Å². The maximum atomic E-state index is 12.8. The Hall–Kier alpha value is -2.10. The van der Waals surface area contributed by atoms with Gasteiger partial charge in [-0.05, 0) is 12.8 Å². The largest absolute Gasteiger partial charge is 0.274 e. The van der Waals surface area contributed by atoms with E-state index in [9.17, 15) is 19.2 Å². The topological polar surface area (TPSA) is 78.1 Å². The molecule has 0 aliphatic rings. The van der Waals surface area contributed by atoms with Crippen molar-refractivity contribution in [3.05, 3.63) is 41.4 Å². The minimum atomic E-state index is -0.247. The Labute approximate surface area is 163 Å². The smallest absolute Gasteiger partial charge is 0.271 e. The van der Waals surface area contributed by atoms with Crippen molar-refractivity contribution in [2.24, 2.45) is 0 Å². The van der Waals surface area contributed by atoms with Crippen LogP contribution in [0.5, 0.6) is 0 Å². The standard InChI is InChI=1S/C18H14N2O4S3/c1-3-5-19-15(21)7-9-13(26-11(7)17(19)23)14-10(25-9)8-12(27-14)18(24)20(6-4-2)16(8)22/h3-6H2,1-2H3. The third-order valence-corrected chi connectivity index (χ3v) is 8.83. The maximum absolute atomic E-state index is 12.8. The monoisotopic (exact) mass is 418 g/mol. The summed E-state index contributed by atoms with van der Waals surface area (Å²) < 4.78 is 6.80. The van der Waals surface area contributed by atoms with Gasteiger partial charge in [-0.2, -0.15) is 0 Å². The number of nitrogens with zero attached hydrogens (tertiary/aromatic N) is 2. The Morgan fingerprint density at radius 1 is 0.556 bits per heavy atom. The summed E-state index contributed by atoms with van der Waals surface area (Å²) in [6.07, 6.45) is 1.43. The lowest BCUT2D eigenvalue weighted by molar-refractivity contribution is 0.650. The van der Waals surface area contributed by atoms with Crippen molar-refractivity contribution < 1.29 is 0 Å². The minimum absolute atomic E-state index is 0.233. The summed E-state index contributed by atoms with van der Waals surface area (Å²) in [7, 11) is 0. The number of hydrogen-bond acceptors (Lipinski definition) is 7. The van der Waals surface area contributed by atoms with E-state index in [0.29, 0.717) is 46.1 Å². The van der Waals surface area contributed by atoms with Crippen LogP contribution < -0.4 is 22.2 Å². The van der Waals surface area contributed by atoms with Gasteiger partial charge in [0.25, 0.3) is 22.2 Å². The van der Waals surface area contributed by atoms with Crippen LogP contribution >= 0.6 is 34.0 Å². The predicted molar refractivity (Wildman–Crippen MR) is 114 cm³/mol. The Morgan fingerprint density at radius 3 is 1.30 bits per heavy atom. The highest BCUT2D eigenvalue weighted by atomic mass is 32.1. The number of aromatic nitrogens is 2. The average molecular weight is 419 g/mol. The van der Waals surface area contributed by atoms with Crippen LogP contribution in [0.3, 0.4) is 0 Å². The summed E-state index contributed by atoms with van der Waals surface area (Å²) in [6, 6.07) is 0. The molecule has 0 radical (unpaired) electrons. The lowest BCUT2D eigenvalue weighted by Gasteiger charge is -1.93. The first kappa shape index (κ1) is 17.0. The molecule has 0 amide bonds. The van der Waals surface area contributed by atoms with E-state index in [1.807, 2.05) is 13.8 Å². The van der Waals surface area contributed by atoms with Crippen LogP contribution in [0, 0.1) is 0 Å². The van der Waals surface area contributed by atoms with Crippen molar-refractivity contribution in [2.75, 3.05) is 0 Å². The van der Waals surface area contributed by atoms with Crippen LogP contribution in [0.25, 0.3) is 39.0 Å². The van der Waals surface area contributed by atoms with E-state index in [4.69, 9.17) is 0 Å².